The minimum Gasteiger partial charge on any atom is -0.493 e. The first-order valence-corrected chi connectivity index (χ1v) is 8.63. The molecule has 2 saturated heterocycles. The van der Waals surface area contributed by atoms with Crippen LogP contribution in [0.25, 0.3) is 0 Å². The van der Waals surface area contributed by atoms with E-state index >= 15 is 0 Å². The zero-order valence-corrected chi connectivity index (χ0v) is 14.0. The molecule has 1 atom stereocenters. The van der Waals surface area contributed by atoms with Gasteiger partial charge in [-0.2, -0.15) is 0 Å². The number of morpholine rings is 1. The standard InChI is InChI=1S/C18H26N2O4/c21-17(6-11-24-16-4-2-1-3-5-16)20-8-7-18(22,15-20)14-19-9-12-23-13-10-19/h1-5,22H,6-15H2. The highest BCUT2D eigenvalue weighted by molar-refractivity contribution is 5.76. The average molecular weight is 334 g/mol. The fraction of sp³-hybridized carbons (Fsp3) is 0.611. The number of carbonyl (C=O) groups is 1. The van der Waals surface area contributed by atoms with Crippen molar-refractivity contribution in [3.63, 3.8) is 0 Å². The van der Waals surface area contributed by atoms with E-state index in [9.17, 15) is 9.90 Å². The summed E-state index contributed by atoms with van der Waals surface area (Å²) in [6.45, 7) is 5.13. The Morgan fingerprint density at radius 2 is 1.96 bits per heavy atom. The molecule has 1 N–H and O–H groups in total. The summed E-state index contributed by atoms with van der Waals surface area (Å²) in [5.41, 5.74) is -0.798. The number of rotatable bonds is 6. The van der Waals surface area contributed by atoms with Crippen LogP contribution in [0.1, 0.15) is 12.8 Å². The summed E-state index contributed by atoms with van der Waals surface area (Å²) in [4.78, 5) is 16.3. The Hall–Kier alpha value is -1.63. The van der Waals surface area contributed by atoms with Gasteiger partial charge in [-0.1, -0.05) is 18.2 Å². The molecule has 132 valence electrons. The van der Waals surface area contributed by atoms with Gasteiger partial charge in [-0.05, 0) is 18.6 Å². The minimum absolute atomic E-state index is 0.0452. The van der Waals surface area contributed by atoms with Gasteiger partial charge in [0.25, 0.3) is 0 Å². The molecule has 1 aromatic carbocycles. The highest BCUT2D eigenvalue weighted by Gasteiger charge is 2.39. The molecule has 0 spiro atoms. The van der Waals surface area contributed by atoms with Gasteiger partial charge in [0, 0.05) is 26.2 Å². The Bertz CT molecular complexity index is 533. The lowest BCUT2D eigenvalue weighted by Crippen LogP contribution is -2.49. The van der Waals surface area contributed by atoms with Crippen molar-refractivity contribution in [3.05, 3.63) is 30.3 Å². The van der Waals surface area contributed by atoms with Gasteiger partial charge in [-0.15, -0.1) is 0 Å². The molecule has 0 radical (unpaired) electrons. The van der Waals surface area contributed by atoms with Crippen molar-refractivity contribution in [1.82, 2.24) is 9.80 Å². The van der Waals surface area contributed by atoms with Crippen LogP contribution in [0.15, 0.2) is 30.3 Å². The van der Waals surface area contributed by atoms with E-state index in [-0.39, 0.29) is 5.91 Å². The Balaban J connectivity index is 1.41. The van der Waals surface area contributed by atoms with Crippen LogP contribution in [0.3, 0.4) is 0 Å². The minimum atomic E-state index is -0.798. The van der Waals surface area contributed by atoms with Gasteiger partial charge >= 0.3 is 0 Å². The Morgan fingerprint density at radius 1 is 1.21 bits per heavy atom. The van der Waals surface area contributed by atoms with Crippen molar-refractivity contribution >= 4 is 5.91 Å². The third-order valence-corrected chi connectivity index (χ3v) is 4.63. The van der Waals surface area contributed by atoms with Gasteiger partial charge in [0.1, 0.15) is 5.75 Å². The summed E-state index contributed by atoms with van der Waals surface area (Å²) in [6.07, 6.45) is 0.970. The zero-order chi connectivity index (χ0) is 16.8. The van der Waals surface area contributed by atoms with E-state index in [4.69, 9.17) is 9.47 Å². The second-order valence-corrected chi connectivity index (χ2v) is 6.59. The maximum absolute atomic E-state index is 12.3. The Labute approximate surface area is 143 Å². The summed E-state index contributed by atoms with van der Waals surface area (Å²) in [5, 5.41) is 10.8. The van der Waals surface area contributed by atoms with Crippen molar-refractivity contribution < 1.29 is 19.4 Å². The van der Waals surface area contributed by atoms with Gasteiger partial charge in [-0.25, -0.2) is 0 Å². The van der Waals surface area contributed by atoms with Crippen LogP contribution >= 0.6 is 0 Å². The predicted molar refractivity (Wildman–Crippen MR) is 90.0 cm³/mol. The topological polar surface area (TPSA) is 62.2 Å². The molecule has 1 aromatic rings. The summed E-state index contributed by atoms with van der Waals surface area (Å²) >= 11 is 0. The monoisotopic (exact) mass is 334 g/mol. The summed E-state index contributed by atoms with van der Waals surface area (Å²) in [7, 11) is 0. The third kappa shape index (κ3) is 4.69. The van der Waals surface area contributed by atoms with Crippen molar-refractivity contribution in [2.75, 3.05) is 52.5 Å². The molecule has 6 nitrogen and oxygen atoms in total. The van der Waals surface area contributed by atoms with Gasteiger partial charge < -0.3 is 19.5 Å². The number of hydrogen-bond acceptors (Lipinski definition) is 5. The number of aliphatic hydroxyl groups is 1. The van der Waals surface area contributed by atoms with Crippen LogP contribution in [-0.2, 0) is 9.53 Å². The van der Waals surface area contributed by atoms with Crippen LogP contribution in [-0.4, -0.2) is 79.0 Å². The van der Waals surface area contributed by atoms with Crippen molar-refractivity contribution in [1.29, 1.82) is 0 Å². The molecule has 2 heterocycles. The average Bonchev–Trinajstić information content (AvgIpc) is 2.98. The number of likely N-dealkylation sites (tertiary alicyclic amines) is 1. The molecule has 0 aromatic heterocycles. The molecule has 6 heteroatoms. The second-order valence-electron chi connectivity index (χ2n) is 6.59. The fourth-order valence-corrected chi connectivity index (χ4v) is 3.30. The third-order valence-electron chi connectivity index (χ3n) is 4.63. The number of β-amino-alcohol motifs (C(OH)–C–C–N with tert-alkyl or cyclic N) is 1. The number of nitrogens with zero attached hydrogens (tertiary/aromatic N) is 2. The number of para-hydroxylation sites is 1. The normalized spacial score (nSPS) is 25.0. The number of hydrogen-bond donors (Lipinski definition) is 1. The van der Waals surface area contributed by atoms with E-state index in [1.54, 1.807) is 4.90 Å². The molecule has 1 amide bonds. The summed E-state index contributed by atoms with van der Waals surface area (Å²) in [6, 6.07) is 9.49. The molecule has 2 aliphatic heterocycles. The molecule has 2 aliphatic rings. The second kappa shape index (κ2) is 7.96. The molecule has 0 bridgehead atoms. The first kappa shape index (κ1) is 17.2. The van der Waals surface area contributed by atoms with Crippen molar-refractivity contribution in [2.24, 2.45) is 0 Å². The first-order chi connectivity index (χ1) is 11.6. The van der Waals surface area contributed by atoms with Gasteiger partial charge in [-0.3, -0.25) is 9.69 Å². The predicted octanol–water partition coefficient (Wildman–Crippen LogP) is 0.751. The van der Waals surface area contributed by atoms with Gasteiger partial charge in [0.15, 0.2) is 0 Å². The highest BCUT2D eigenvalue weighted by atomic mass is 16.5. The van der Waals surface area contributed by atoms with Gasteiger partial charge in [0.05, 0.1) is 38.4 Å². The Morgan fingerprint density at radius 3 is 2.71 bits per heavy atom. The van der Waals surface area contributed by atoms with Crippen LogP contribution in [0.4, 0.5) is 0 Å². The quantitative estimate of drug-likeness (QED) is 0.832. The number of ether oxygens (including phenoxy) is 2. The first-order valence-electron chi connectivity index (χ1n) is 8.63. The highest BCUT2D eigenvalue weighted by Crippen LogP contribution is 2.23. The van der Waals surface area contributed by atoms with E-state index in [0.29, 0.717) is 39.1 Å². The molecule has 3 rings (SSSR count). The SMILES string of the molecule is O=C(CCOc1ccccc1)N1CCC(O)(CN2CCOCC2)C1. The van der Waals surface area contributed by atoms with Gasteiger partial charge in [0.2, 0.25) is 5.91 Å². The molecule has 2 fully saturated rings. The van der Waals surface area contributed by atoms with E-state index in [1.807, 2.05) is 30.3 Å². The molecule has 1 unspecified atom stereocenters. The number of amides is 1. The Kier molecular flexibility index (Phi) is 5.71. The summed E-state index contributed by atoms with van der Waals surface area (Å²) < 4.78 is 10.9. The van der Waals surface area contributed by atoms with E-state index in [2.05, 4.69) is 4.90 Å². The lowest BCUT2D eigenvalue weighted by molar-refractivity contribution is -0.132. The van der Waals surface area contributed by atoms with E-state index in [1.165, 1.54) is 0 Å². The lowest BCUT2D eigenvalue weighted by Gasteiger charge is -2.33. The molecular weight excluding hydrogens is 308 g/mol. The molecule has 24 heavy (non-hydrogen) atoms. The van der Waals surface area contributed by atoms with Crippen molar-refractivity contribution in [2.45, 2.75) is 18.4 Å². The lowest BCUT2D eigenvalue weighted by atomic mass is 10.0. The number of carbonyl (C=O) groups excluding carboxylic acids is 1. The summed E-state index contributed by atoms with van der Waals surface area (Å²) in [5.74, 6) is 0.819. The van der Waals surface area contributed by atoms with Crippen LogP contribution in [0.5, 0.6) is 5.75 Å². The van der Waals surface area contributed by atoms with Crippen LogP contribution in [0.2, 0.25) is 0 Å². The fourth-order valence-electron chi connectivity index (χ4n) is 3.30. The van der Waals surface area contributed by atoms with E-state index < -0.39 is 5.60 Å². The van der Waals surface area contributed by atoms with Crippen molar-refractivity contribution in [3.8, 4) is 5.75 Å². The van der Waals surface area contributed by atoms with Crippen LogP contribution in [0, 0.1) is 0 Å². The molecule has 0 saturated carbocycles. The maximum atomic E-state index is 12.3. The smallest absolute Gasteiger partial charge is 0.226 e. The largest absolute Gasteiger partial charge is 0.493 e. The molecular formula is C18H26N2O4. The van der Waals surface area contributed by atoms with E-state index in [0.717, 1.165) is 32.1 Å². The van der Waals surface area contributed by atoms with Crippen LogP contribution < -0.4 is 4.74 Å². The maximum Gasteiger partial charge on any atom is 0.226 e. The molecule has 0 aliphatic carbocycles. The number of benzene rings is 1. The zero-order valence-electron chi connectivity index (χ0n) is 14.0.